The number of carbonyl (C=O) groups is 1. The van der Waals surface area contributed by atoms with E-state index in [-0.39, 0.29) is 18.3 Å². The maximum absolute atomic E-state index is 10.6. The smallest absolute Gasteiger partial charge is 0.216 e. The van der Waals surface area contributed by atoms with Crippen molar-refractivity contribution in [2.45, 2.75) is 20.0 Å². The molecule has 0 aliphatic heterocycles. The van der Waals surface area contributed by atoms with Crippen molar-refractivity contribution in [2.75, 3.05) is 6.54 Å². The van der Waals surface area contributed by atoms with Gasteiger partial charge in [0.2, 0.25) is 5.91 Å². The molecular weight excluding hydrogens is 218 g/mol. The summed E-state index contributed by atoms with van der Waals surface area (Å²) in [6, 6.07) is 5.05. The SMILES string of the molecule is CC(=O)NCCC=Cc1ccc(O)c(CO)c1. The number of carbonyl (C=O) groups excluding carboxylic acids is 1. The van der Waals surface area contributed by atoms with E-state index in [0.29, 0.717) is 12.1 Å². The van der Waals surface area contributed by atoms with E-state index in [0.717, 1.165) is 12.0 Å². The van der Waals surface area contributed by atoms with Gasteiger partial charge in [0.05, 0.1) is 6.61 Å². The summed E-state index contributed by atoms with van der Waals surface area (Å²) in [5.74, 6) is 0.0634. The number of phenols is 1. The van der Waals surface area contributed by atoms with Crippen LogP contribution in [-0.4, -0.2) is 22.7 Å². The zero-order valence-corrected chi connectivity index (χ0v) is 9.81. The Bertz CT molecular complexity index is 413. The second-order valence-electron chi connectivity index (χ2n) is 3.72. The van der Waals surface area contributed by atoms with Gasteiger partial charge in [-0.15, -0.1) is 0 Å². The zero-order valence-electron chi connectivity index (χ0n) is 9.81. The first-order chi connectivity index (χ1) is 8.13. The van der Waals surface area contributed by atoms with Gasteiger partial charge in [0.15, 0.2) is 0 Å². The third-order valence-corrected chi connectivity index (χ3v) is 2.27. The molecule has 1 aromatic rings. The lowest BCUT2D eigenvalue weighted by atomic mass is 10.1. The number of rotatable bonds is 5. The number of hydrogen-bond acceptors (Lipinski definition) is 3. The number of benzene rings is 1. The summed E-state index contributed by atoms with van der Waals surface area (Å²) in [5, 5.41) is 21.0. The minimum Gasteiger partial charge on any atom is -0.508 e. The molecule has 17 heavy (non-hydrogen) atoms. The molecule has 1 aromatic carbocycles. The number of aliphatic hydroxyl groups excluding tert-OH is 1. The second-order valence-corrected chi connectivity index (χ2v) is 3.72. The Morgan fingerprint density at radius 1 is 1.47 bits per heavy atom. The predicted octanol–water partition coefficient (Wildman–Crippen LogP) is 1.42. The van der Waals surface area contributed by atoms with Crippen molar-refractivity contribution in [3.05, 3.63) is 35.4 Å². The molecule has 0 spiro atoms. The molecular formula is C13H17NO3. The molecule has 0 aromatic heterocycles. The summed E-state index contributed by atoms with van der Waals surface area (Å²) in [6.07, 6.45) is 4.57. The van der Waals surface area contributed by atoms with Crippen molar-refractivity contribution in [3.63, 3.8) is 0 Å². The lowest BCUT2D eigenvalue weighted by Crippen LogP contribution is -2.20. The highest BCUT2D eigenvalue weighted by Crippen LogP contribution is 2.19. The van der Waals surface area contributed by atoms with Crippen molar-refractivity contribution in [1.29, 1.82) is 0 Å². The number of nitrogens with one attached hydrogen (secondary N) is 1. The van der Waals surface area contributed by atoms with Gasteiger partial charge in [-0.2, -0.15) is 0 Å². The Kier molecular flexibility index (Phi) is 5.23. The summed E-state index contributed by atoms with van der Waals surface area (Å²) in [6.45, 7) is 1.91. The first-order valence-electron chi connectivity index (χ1n) is 5.47. The van der Waals surface area contributed by atoms with Crippen molar-refractivity contribution >= 4 is 12.0 Å². The molecule has 4 heteroatoms. The van der Waals surface area contributed by atoms with Gasteiger partial charge in [0, 0.05) is 19.0 Å². The van der Waals surface area contributed by atoms with Crippen LogP contribution in [0.4, 0.5) is 0 Å². The molecule has 0 unspecified atom stereocenters. The summed E-state index contributed by atoms with van der Waals surface area (Å²) in [7, 11) is 0. The lowest BCUT2D eigenvalue weighted by molar-refractivity contribution is -0.118. The third kappa shape index (κ3) is 4.70. The van der Waals surface area contributed by atoms with E-state index in [9.17, 15) is 9.90 Å². The molecule has 0 bridgehead atoms. The highest BCUT2D eigenvalue weighted by Gasteiger charge is 1.99. The van der Waals surface area contributed by atoms with Gasteiger partial charge in [0.25, 0.3) is 0 Å². The minimum atomic E-state index is -0.181. The number of aliphatic hydroxyl groups is 1. The van der Waals surface area contributed by atoms with Crippen LogP contribution in [0.25, 0.3) is 6.08 Å². The van der Waals surface area contributed by atoms with Crippen molar-refractivity contribution in [3.8, 4) is 5.75 Å². The minimum absolute atomic E-state index is 0.0365. The molecule has 3 N–H and O–H groups in total. The average molecular weight is 235 g/mol. The van der Waals surface area contributed by atoms with E-state index < -0.39 is 0 Å². The fourth-order valence-electron chi connectivity index (χ4n) is 1.39. The number of amides is 1. The first-order valence-corrected chi connectivity index (χ1v) is 5.47. The highest BCUT2D eigenvalue weighted by atomic mass is 16.3. The van der Waals surface area contributed by atoms with E-state index in [1.807, 2.05) is 12.2 Å². The Labute approximate surface area is 101 Å². The van der Waals surface area contributed by atoms with Crippen LogP contribution in [0.5, 0.6) is 5.75 Å². The van der Waals surface area contributed by atoms with E-state index in [4.69, 9.17) is 5.11 Å². The van der Waals surface area contributed by atoms with Crippen LogP contribution in [0, 0.1) is 0 Å². The van der Waals surface area contributed by atoms with E-state index in [1.54, 1.807) is 18.2 Å². The normalized spacial score (nSPS) is 10.7. The predicted molar refractivity (Wildman–Crippen MR) is 66.4 cm³/mol. The molecule has 0 aliphatic rings. The summed E-state index contributed by atoms with van der Waals surface area (Å²) >= 11 is 0. The highest BCUT2D eigenvalue weighted by molar-refractivity contribution is 5.72. The maximum Gasteiger partial charge on any atom is 0.216 e. The summed E-state index contributed by atoms with van der Waals surface area (Å²) in [5.41, 5.74) is 1.42. The van der Waals surface area contributed by atoms with Crippen molar-refractivity contribution in [2.24, 2.45) is 0 Å². The number of hydrogen-bond donors (Lipinski definition) is 3. The molecule has 0 heterocycles. The van der Waals surface area contributed by atoms with Crippen LogP contribution in [0.15, 0.2) is 24.3 Å². The second kappa shape index (κ2) is 6.70. The lowest BCUT2D eigenvalue weighted by Gasteiger charge is -2.02. The largest absolute Gasteiger partial charge is 0.508 e. The Morgan fingerprint density at radius 3 is 2.88 bits per heavy atom. The molecule has 1 rings (SSSR count). The first kappa shape index (κ1) is 13.3. The Hall–Kier alpha value is -1.81. The van der Waals surface area contributed by atoms with Gasteiger partial charge in [0.1, 0.15) is 5.75 Å². The number of aromatic hydroxyl groups is 1. The van der Waals surface area contributed by atoms with Gasteiger partial charge in [-0.3, -0.25) is 4.79 Å². The Morgan fingerprint density at radius 2 is 2.24 bits per heavy atom. The van der Waals surface area contributed by atoms with Crippen LogP contribution >= 0.6 is 0 Å². The molecule has 4 nitrogen and oxygen atoms in total. The monoisotopic (exact) mass is 235 g/mol. The van der Waals surface area contributed by atoms with E-state index in [1.165, 1.54) is 6.92 Å². The van der Waals surface area contributed by atoms with Crippen LogP contribution < -0.4 is 5.32 Å². The van der Waals surface area contributed by atoms with Crippen LogP contribution in [-0.2, 0) is 11.4 Å². The molecule has 1 amide bonds. The van der Waals surface area contributed by atoms with Crippen molar-refractivity contribution < 1.29 is 15.0 Å². The molecule has 92 valence electrons. The molecule has 0 saturated carbocycles. The van der Waals surface area contributed by atoms with Crippen LogP contribution in [0.3, 0.4) is 0 Å². The van der Waals surface area contributed by atoms with E-state index in [2.05, 4.69) is 5.32 Å². The molecule has 0 fully saturated rings. The quantitative estimate of drug-likeness (QED) is 0.676. The van der Waals surface area contributed by atoms with Crippen LogP contribution in [0.2, 0.25) is 0 Å². The molecule has 0 radical (unpaired) electrons. The summed E-state index contributed by atoms with van der Waals surface area (Å²) in [4.78, 5) is 10.6. The maximum atomic E-state index is 10.6. The average Bonchev–Trinajstić information content (AvgIpc) is 2.30. The standard InChI is InChI=1S/C13H17NO3/c1-10(16)14-7-3-2-4-11-5-6-13(17)12(8-11)9-15/h2,4-6,8,15,17H,3,7,9H2,1H3,(H,14,16). The van der Waals surface area contributed by atoms with Crippen LogP contribution in [0.1, 0.15) is 24.5 Å². The molecule has 0 saturated heterocycles. The zero-order chi connectivity index (χ0) is 12.7. The van der Waals surface area contributed by atoms with Gasteiger partial charge >= 0.3 is 0 Å². The fourth-order valence-corrected chi connectivity index (χ4v) is 1.39. The fraction of sp³-hybridized carbons (Fsp3) is 0.308. The van der Waals surface area contributed by atoms with Gasteiger partial charge in [-0.25, -0.2) is 0 Å². The van der Waals surface area contributed by atoms with Gasteiger partial charge in [-0.1, -0.05) is 18.2 Å². The van der Waals surface area contributed by atoms with E-state index >= 15 is 0 Å². The Balaban J connectivity index is 2.50. The van der Waals surface area contributed by atoms with Crippen molar-refractivity contribution in [1.82, 2.24) is 5.32 Å². The third-order valence-electron chi connectivity index (χ3n) is 2.27. The molecule has 0 atom stereocenters. The molecule has 0 aliphatic carbocycles. The van der Waals surface area contributed by atoms with Gasteiger partial charge < -0.3 is 15.5 Å². The summed E-state index contributed by atoms with van der Waals surface area (Å²) < 4.78 is 0. The van der Waals surface area contributed by atoms with Gasteiger partial charge in [-0.05, 0) is 24.1 Å². The topological polar surface area (TPSA) is 69.6 Å².